The van der Waals surface area contributed by atoms with Gasteiger partial charge in [0.25, 0.3) is 5.89 Å². The highest BCUT2D eigenvalue weighted by Crippen LogP contribution is 2.40. The number of sulfonamides is 1. The Labute approximate surface area is 160 Å². The molecule has 0 spiro atoms. The van der Waals surface area contributed by atoms with Crippen LogP contribution in [-0.4, -0.2) is 37.0 Å². The van der Waals surface area contributed by atoms with Crippen LogP contribution < -0.4 is 4.72 Å². The first-order valence-electron chi connectivity index (χ1n) is 9.21. The zero-order valence-electron chi connectivity index (χ0n) is 16.2. The second-order valence-electron chi connectivity index (χ2n) is 7.93. The van der Waals surface area contributed by atoms with Gasteiger partial charge in [0.05, 0.1) is 17.8 Å². The second kappa shape index (κ2) is 7.69. The fourth-order valence-electron chi connectivity index (χ4n) is 3.27. The number of nitrogens with zero attached hydrogens (tertiary/aromatic N) is 2. The van der Waals surface area contributed by atoms with Gasteiger partial charge in [-0.15, -0.1) is 0 Å². The largest absolute Gasteiger partial charge is 0.377 e. The molecule has 27 heavy (non-hydrogen) atoms. The van der Waals surface area contributed by atoms with Gasteiger partial charge < -0.3 is 9.26 Å². The van der Waals surface area contributed by atoms with Crippen LogP contribution in [0.25, 0.3) is 11.5 Å². The van der Waals surface area contributed by atoms with E-state index in [1.807, 2.05) is 24.3 Å². The molecular weight excluding hydrogens is 366 g/mol. The quantitative estimate of drug-likeness (QED) is 0.810. The maximum atomic E-state index is 11.5. The molecule has 0 unspecified atom stereocenters. The third-order valence-electron chi connectivity index (χ3n) is 4.80. The zero-order chi connectivity index (χ0) is 19.7. The van der Waals surface area contributed by atoms with Gasteiger partial charge in [-0.05, 0) is 36.5 Å². The lowest BCUT2D eigenvalue weighted by Gasteiger charge is -2.29. The Morgan fingerprint density at radius 3 is 2.56 bits per heavy atom. The van der Waals surface area contributed by atoms with Crippen LogP contribution in [0.15, 0.2) is 28.8 Å². The van der Waals surface area contributed by atoms with Crippen LogP contribution in [0.2, 0.25) is 0 Å². The molecule has 0 aliphatic carbocycles. The highest BCUT2D eigenvalue weighted by atomic mass is 32.2. The van der Waals surface area contributed by atoms with Gasteiger partial charge in [0.15, 0.2) is 5.82 Å². The molecule has 7 nitrogen and oxygen atoms in total. The van der Waals surface area contributed by atoms with Crippen molar-refractivity contribution in [2.45, 2.75) is 52.7 Å². The first-order valence-corrected chi connectivity index (χ1v) is 10.9. The lowest BCUT2D eigenvalue weighted by molar-refractivity contribution is 0.0193. The van der Waals surface area contributed by atoms with Crippen LogP contribution in [-0.2, 0) is 21.3 Å². The molecule has 1 aliphatic heterocycles. The highest BCUT2D eigenvalue weighted by molar-refractivity contribution is 7.89. The first-order chi connectivity index (χ1) is 12.7. The first kappa shape index (κ1) is 20.0. The monoisotopic (exact) mass is 393 g/mol. The molecule has 0 bridgehead atoms. The molecule has 1 aromatic heterocycles. The fraction of sp³-hybridized carbons (Fsp3) is 0.579. The Balaban J connectivity index is 1.71. The molecule has 1 N–H and O–H groups in total. The van der Waals surface area contributed by atoms with Crippen LogP contribution in [0.1, 0.15) is 51.4 Å². The molecule has 1 aromatic carbocycles. The third kappa shape index (κ3) is 4.75. The Bertz CT molecular complexity index is 869. The summed E-state index contributed by atoms with van der Waals surface area (Å²) in [6.45, 7) is 9.04. The molecule has 1 aliphatic rings. The maximum absolute atomic E-state index is 11.5. The van der Waals surface area contributed by atoms with Gasteiger partial charge in [-0.2, -0.15) is 4.98 Å². The molecule has 2 heterocycles. The van der Waals surface area contributed by atoms with E-state index in [1.54, 1.807) is 6.92 Å². The zero-order valence-corrected chi connectivity index (χ0v) is 17.0. The molecule has 0 amide bonds. The summed E-state index contributed by atoms with van der Waals surface area (Å²) in [6, 6.07) is 7.43. The van der Waals surface area contributed by atoms with Crippen molar-refractivity contribution >= 4 is 10.0 Å². The van der Waals surface area contributed by atoms with Crippen molar-refractivity contribution in [3.05, 3.63) is 35.7 Å². The summed E-state index contributed by atoms with van der Waals surface area (Å²) < 4.78 is 37.0. The number of hydrogen-bond donors (Lipinski definition) is 1. The number of ether oxygens (including phenoxy) is 1. The number of hydrogen-bond acceptors (Lipinski definition) is 6. The molecule has 2 atom stereocenters. The Morgan fingerprint density at radius 1 is 1.22 bits per heavy atom. The van der Waals surface area contributed by atoms with Crippen LogP contribution in [0, 0.1) is 5.41 Å². The fourth-order valence-corrected chi connectivity index (χ4v) is 3.86. The highest BCUT2D eigenvalue weighted by Gasteiger charge is 2.40. The van der Waals surface area contributed by atoms with Crippen LogP contribution in [0.3, 0.4) is 0 Å². The smallest absolute Gasteiger partial charge is 0.257 e. The molecule has 3 rings (SSSR count). The molecule has 1 saturated heterocycles. The minimum atomic E-state index is -3.21. The molecule has 0 radical (unpaired) electrons. The molecule has 148 valence electrons. The molecule has 2 aromatic rings. The summed E-state index contributed by atoms with van der Waals surface area (Å²) in [5, 5.41) is 4.18. The van der Waals surface area contributed by atoms with E-state index in [4.69, 9.17) is 9.26 Å². The minimum Gasteiger partial charge on any atom is -0.377 e. The van der Waals surface area contributed by atoms with Crippen molar-refractivity contribution < 1.29 is 17.7 Å². The molecule has 8 heteroatoms. The summed E-state index contributed by atoms with van der Waals surface area (Å²) in [6.07, 6.45) is 0.953. The average molecular weight is 394 g/mol. The molecular formula is C19H27N3O4S. The van der Waals surface area contributed by atoms with Gasteiger partial charge >= 0.3 is 0 Å². The van der Waals surface area contributed by atoms with E-state index < -0.39 is 10.0 Å². The maximum Gasteiger partial charge on any atom is 0.257 e. The predicted molar refractivity (Wildman–Crippen MR) is 103 cm³/mol. The van der Waals surface area contributed by atoms with E-state index in [0.717, 1.165) is 17.5 Å². The molecule has 1 fully saturated rings. The van der Waals surface area contributed by atoms with Crippen LogP contribution >= 0.6 is 0 Å². The Kier molecular flexibility index (Phi) is 5.69. The average Bonchev–Trinajstić information content (AvgIpc) is 3.29. The summed E-state index contributed by atoms with van der Waals surface area (Å²) in [5.41, 5.74) is 1.68. The van der Waals surface area contributed by atoms with E-state index in [-0.39, 0.29) is 29.7 Å². The van der Waals surface area contributed by atoms with Crippen molar-refractivity contribution in [2.24, 2.45) is 5.41 Å². The van der Waals surface area contributed by atoms with Gasteiger partial charge in [0.2, 0.25) is 10.0 Å². The van der Waals surface area contributed by atoms with Gasteiger partial charge in [-0.3, -0.25) is 0 Å². The van der Waals surface area contributed by atoms with Crippen molar-refractivity contribution in [3.63, 3.8) is 0 Å². The number of aromatic nitrogens is 2. The van der Waals surface area contributed by atoms with Gasteiger partial charge in [0, 0.05) is 18.7 Å². The van der Waals surface area contributed by atoms with Crippen LogP contribution in [0.4, 0.5) is 0 Å². The van der Waals surface area contributed by atoms with Gasteiger partial charge in [-0.1, -0.05) is 38.1 Å². The van der Waals surface area contributed by atoms with Crippen molar-refractivity contribution in [1.29, 1.82) is 0 Å². The number of benzene rings is 1. The summed E-state index contributed by atoms with van der Waals surface area (Å²) >= 11 is 0. The normalized spacial score (nSPS) is 20.9. The van der Waals surface area contributed by atoms with Gasteiger partial charge in [0.1, 0.15) is 0 Å². The Morgan fingerprint density at radius 2 is 1.93 bits per heavy atom. The predicted octanol–water partition coefficient (Wildman–Crippen LogP) is 3.09. The van der Waals surface area contributed by atoms with Crippen molar-refractivity contribution in [3.8, 4) is 11.5 Å². The van der Waals surface area contributed by atoms with Crippen molar-refractivity contribution in [1.82, 2.24) is 14.9 Å². The molecule has 0 saturated carbocycles. The van der Waals surface area contributed by atoms with E-state index in [0.29, 0.717) is 18.3 Å². The Hall–Kier alpha value is -1.77. The minimum absolute atomic E-state index is 0.00936. The van der Waals surface area contributed by atoms with E-state index in [2.05, 4.69) is 35.6 Å². The lowest BCUT2D eigenvalue weighted by atomic mass is 9.81. The topological polar surface area (TPSA) is 94.3 Å². The summed E-state index contributed by atoms with van der Waals surface area (Å²) in [4.78, 5) is 4.59. The van der Waals surface area contributed by atoms with E-state index in [1.165, 1.54) is 0 Å². The summed E-state index contributed by atoms with van der Waals surface area (Å²) in [5.74, 6) is 1.34. The van der Waals surface area contributed by atoms with Gasteiger partial charge in [-0.25, -0.2) is 13.1 Å². The number of nitrogens with one attached hydrogen (secondary N) is 1. The van der Waals surface area contributed by atoms with Crippen molar-refractivity contribution in [2.75, 3.05) is 12.4 Å². The second-order valence-corrected chi connectivity index (χ2v) is 10.0. The SMILES string of the molecule is CCS(=O)(=O)NCc1ccc(-c2nc([C@H]3CCO[C@@H]3C(C)(C)C)no2)cc1. The van der Waals surface area contributed by atoms with E-state index in [9.17, 15) is 8.42 Å². The summed E-state index contributed by atoms with van der Waals surface area (Å²) in [7, 11) is -3.21. The van der Waals surface area contributed by atoms with Crippen LogP contribution in [0.5, 0.6) is 0 Å². The van der Waals surface area contributed by atoms with E-state index >= 15 is 0 Å². The third-order valence-corrected chi connectivity index (χ3v) is 6.14. The standard InChI is InChI=1S/C19H27N3O4S/c1-5-27(23,24)20-12-13-6-8-14(9-7-13)18-21-17(22-26-18)15-10-11-25-16(15)19(2,3)4/h6-9,15-16,20H,5,10-12H2,1-4H3/t15-,16-/m0/s1. The lowest BCUT2D eigenvalue weighted by Crippen LogP contribution is -2.30. The number of rotatable bonds is 6.